The van der Waals surface area contributed by atoms with Gasteiger partial charge in [0.05, 0.1) is 24.6 Å². The minimum atomic E-state index is 0.206. The molecule has 0 fully saturated rings. The zero-order valence-corrected chi connectivity index (χ0v) is 19.8. The number of aromatic hydroxyl groups is 2. The molecule has 4 aromatic carbocycles. The highest BCUT2D eigenvalue weighted by molar-refractivity contribution is 5.85. The second-order valence-electron chi connectivity index (χ2n) is 8.03. The standard InChI is InChI=1S/C30H28N2O4/c33-29-9-3-1-7-23(29)21-31-25-11-15-27(16-12-25)35-19-5-6-20-36-28-17-13-26(14-18-28)32-22-24-8-2-4-10-30(24)34/h1-4,7-18,21-22,33-34H,5-6,19-20H2. The van der Waals surface area contributed by atoms with Crippen LogP contribution >= 0.6 is 0 Å². The summed E-state index contributed by atoms with van der Waals surface area (Å²) in [4.78, 5) is 8.77. The molecular weight excluding hydrogens is 452 g/mol. The van der Waals surface area contributed by atoms with Gasteiger partial charge in [0.15, 0.2) is 0 Å². The monoisotopic (exact) mass is 480 g/mol. The van der Waals surface area contributed by atoms with Crippen molar-refractivity contribution in [2.45, 2.75) is 12.8 Å². The largest absolute Gasteiger partial charge is 0.507 e. The number of unbranched alkanes of at least 4 members (excludes halogenated alkanes) is 1. The van der Waals surface area contributed by atoms with E-state index in [-0.39, 0.29) is 11.5 Å². The highest BCUT2D eigenvalue weighted by Crippen LogP contribution is 2.21. The summed E-state index contributed by atoms with van der Waals surface area (Å²) in [5.74, 6) is 1.99. The number of para-hydroxylation sites is 2. The SMILES string of the molecule is Oc1ccccc1C=Nc1ccc(OCCCCOc2ccc(N=Cc3ccccc3O)cc2)cc1. The van der Waals surface area contributed by atoms with E-state index in [4.69, 9.17) is 9.47 Å². The van der Waals surface area contributed by atoms with Gasteiger partial charge >= 0.3 is 0 Å². The van der Waals surface area contributed by atoms with Crippen LogP contribution in [0, 0.1) is 0 Å². The molecule has 4 aromatic rings. The van der Waals surface area contributed by atoms with Crippen molar-refractivity contribution in [3.63, 3.8) is 0 Å². The van der Waals surface area contributed by atoms with E-state index in [0.29, 0.717) is 24.3 Å². The summed E-state index contributed by atoms with van der Waals surface area (Å²) in [6.45, 7) is 1.20. The second kappa shape index (κ2) is 12.8. The van der Waals surface area contributed by atoms with Crippen molar-refractivity contribution in [1.29, 1.82) is 0 Å². The average molecular weight is 481 g/mol. The first kappa shape index (κ1) is 24.5. The maximum Gasteiger partial charge on any atom is 0.124 e. The maximum atomic E-state index is 9.80. The van der Waals surface area contributed by atoms with Gasteiger partial charge in [-0.1, -0.05) is 24.3 Å². The number of rotatable bonds is 11. The molecule has 0 radical (unpaired) electrons. The number of benzene rings is 4. The molecule has 0 aliphatic carbocycles. The Morgan fingerprint density at radius 1 is 0.528 bits per heavy atom. The van der Waals surface area contributed by atoms with Crippen LogP contribution < -0.4 is 9.47 Å². The molecule has 6 heteroatoms. The van der Waals surface area contributed by atoms with Crippen LogP contribution in [0.15, 0.2) is 107 Å². The molecule has 6 nitrogen and oxygen atoms in total. The van der Waals surface area contributed by atoms with Gasteiger partial charge in [0.25, 0.3) is 0 Å². The lowest BCUT2D eigenvalue weighted by Gasteiger charge is -2.08. The molecule has 0 heterocycles. The summed E-state index contributed by atoms with van der Waals surface area (Å²) in [6.07, 6.45) is 5.02. The Labute approximate surface area is 210 Å². The molecule has 0 spiro atoms. The van der Waals surface area contributed by atoms with Crippen LogP contribution in [-0.2, 0) is 0 Å². The van der Waals surface area contributed by atoms with E-state index in [1.54, 1.807) is 36.7 Å². The van der Waals surface area contributed by atoms with E-state index in [9.17, 15) is 10.2 Å². The van der Waals surface area contributed by atoms with E-state index >= 15 is 0 Å². The molecule has 0 saturated heterocycles. The minimum Gasteiger partial charge on any atom is -0.507 e. The van der Waals surface area contributed by atoms with Crippen LogP contribution in [0.3, 0.4) is 0 Å². The van der Waals surface area contributed by atoms with Crippen molar-refractivity contribution >= 4 is 23.8 Å². The lowest BCUT2D eigenvalue weighted by molar-refractivity contribution is 0.266. The van der Waals surface area contributed by atoms with Crippen LogP contribution in [0.2, 0.25) is 0 Å². The molecule has 0 aliphatic rings. The van der Waals surface area contributed by atoms with Crippen LogP contribution in [-0.4, -0.2) is 35.9 Å². The van der Waals surface area contributed by atoms with Gasteiger partial charge in [0.1, 0.15) is 23.0 Å². The first-order valence-electron chi connectivity index (χ1n) is 11.8. The van der Waals surface area contributed by atoms with E-state index < -0.39 is 0 Å². The Morgan fingerprint density at radius 3 is 1.31 bits per heavy atom. The van der Waals surface area contributed by atoms with Crippen molar-refractivity contribution in [3.05, 3.63) is 108 Å². The van der Waals surface area contributed by atoms with Crippen LogP contribution in [0.25, 0.3) is 0 Å². The predicted molar refractivity (Wildman–Crippen MR) is 144 cm³/mol. The third kappa shape index (κ3) is 7.46. The lowest BCUT2D eigenvalue weighted by Crippen LogP contribution is -2.02. The molecule has 0 aliphatic heterocycles. The van der Waals surface area contributed by atoms with Gasteiger partial charge in [-0.3, -0.25) is 9.98 Å². The maximum absolute atomic E-state index is 9.80. The molecule has 0 atom stereocenters. The third-order valence-electron chi connectivity index (χ3n) is 5.33. The van der Waals surface area contributed by atoms with Crippen LogP contribution in [0.5, 0.6) is 23.0 Å². The number of phenols is 2. The fourth-order valence-electron chi connectivity index (χ4n) is 3.32. The smallest absolute Gasteiger partial charge is 0.124 e. The Balaban J connectivity index is 1.13. The fourth-order valence-corrected chi connectivity index (χ4v) is 3.32. The zero-order valence-electron chi connectivity index (χ0n) is 19.8. The highest BCUT2D eigenvalue weighted by Gasteiger charge is 1.99. The molecule has 2 N–H and O–H groups in total. The Bertz CT molecular complexity index is 1200. The molecule has 4 rings (SSSR count). The number of nitrogens with zero attached hydrogens (tertiary/aromatic N) is 2. The van der Waals surface area contributed by atoms with Gasteiger partial charge in [-0.05, 0) is 85.6 Å². The molecule has 36 heavy (non-hydrogen) atoms. The quantitative estimate of drug-likeness (QED) is 0.182. The summed E-state index contributed by atoms with van der Waals surface area (Å²) < 4.78 is 11.6. The topological polar surface area (TPSA) is 83.6 Å². The van der Waals surface area contributed by atoms with E-state index in [1.807, 2.05) is 72.8 Å². The number of hydrogen-bond acceptors (Lipinski definition) is 6. The molecule has 0 bridgehead atoms. The van der Waals surface area contributed by atoms with Crippen molar-refractivity contribution < 1.29 is 19.7 Å². The predicted octanol–water partition coefficient (Wildman–Crippen LogP) is 6.84. The van der Waals surface area contributed by atoms with Gasteiger partial charge < -0.3 is 19.7 Å². The van der Waals surface area contributed by atoms with E-state index in [1.165, 1.54) is 0 Å². The van der Waals surface area contributed by atoms with Gasteiger partial charge in [-0.15, -0.1) is 0 Å². The molecule has 0 unspecified atom stereocenters. The van der Waals surface area contributed by atoms with Crippen LogP contribution in [0.1, 0.15) is 24.0 Å². The first-order chi connectivity index (χ1) is 17.7. The van der Waals surface area contributed by atoms with E-state index in [0.717, 1.165) is 35.7 Å². The summed E-state index contributed by atoms with van der Waals surface area (Å²) >= 11 is 0. The van der Waals surface area contributed by atoms with Gasteiger partial charge in [-0.2, -0.15) is 0 Å². The van der Waals surface area contributed by atoms with Crippen molar-refractivity contribution in [1.82, 2.24) is 0 Å². The number of phenolic OH excluding ortho intramolecular Hbond substituents is 2. The number of hydrogen-bond donors (Lipinski definition) is 2. The first-order valence-corrected chi connectivity index (χ1v) is 11.8. The van der Waals surface area contributed by atoms with Crippen molar-refractivity contribution in [3.8, 4) is 23.0 Å². The Kier molecular flexibility index (Phi) is 8.70. The molecule has 0 amide bonds. The summed E-state index contributed by atoms with van der Waals surface area (Å²) in [5.41, 5.74) is 2.92. The molecule has 0 saturated carbocycles. The minimum absolute atomic E-state index is 0.206. The van der Waals surface area contributed by atoms with Gasteiger partial charge in [0.2, 0.25) is 0 Å². The van der Waals surface area contributed by atoms with Gasteiger partial charge in [-0.25, -0.2) is 0 Å². The summed E-state index contributed by atoms with van der Waals surface area (Å²) in [6, 6.07) is 29.2. The Morgan fingerprint density at radius 2 is 0.917 bits per heavy atom. The normalized spacial score (nSPS) is 11.2. The summed E-state index contributed by atoms with van der Waals surface area (Å²) in [5, 5.41) is 19.6. The van der Waals surface area contributed by atoms with Crippen LogP contribution in [0.4, 0.5) is 11.4 Å². The Hall–Kier alpha value is -4.58. The third-order valence-corrected chi connectivity index (χ3v) is 5.33. The summed E-state index contributed by atoms with van der Waals surface area (Å²) in [7, 11) is 0. The zero-order chi connectivity index (χ0) is 25.0. The van der Waals surface area contributed by atoms with Gasteiger partial charge in [0, 0.05) is 23.6 Å². The molecular formula is C30H28N2O4. The number of aliphatic imine (C=N–C) groups is 2. The highest BCUT2D eigenvalue weighted by atomic mass is 16.5. The second-order valence-corrected chi connectivity index (χ2v) is 8.03. The van der Waals surface area contributed by atoms with Crippen molar-refractivity contribution in [2.24, 2.45) is 9.98 Å². The molecule has 182 valence electrons. The molecule has 0 aromatic heterocycles. The van der Waals surface area contributed by atoms with Crippen molar-refractivity contribution in [2.75, 3.05) is 13.2 Å². The fraction of sp³-hybridized carbons (Fsp3) is 0.133. The number of ether oxygens (including phenoxy) is 2. The van der Waals surface area contributed by atoms with E-state index in [2.05, 4.69) is 9.98 Å². The average Bonchev–Trinajstić information content (AvgIpc) is 2.91. The lowest BCUT2D eigenvalue weighted by atomic mass is 10.2.